The topological polar surface area (TPSA) is 58.7 Å². The number of ether oxygens (including phenoxy) is 1. The zero-order valence-electron chi connectivity index (χ0n) is 11.1. The van der Waals surface area contributed by atoms with Gasteiger partial charge in [0.1, 0.15) is 0 Å². The number of nitrogens with zero attached hydrogens (tertiary/aromatic N) is 1. The van der Waals surface area contributed by atoms with Crippen LogP contribution < -0.4 is 5.73 Å². The second-order valence-corrected chi connectivity index (χ2v) is 4.87. The molecule has 16 heavy (non-hydrogen) atoms. The molecule has 2 atom stereocenters. The molecule has 0 aliphatic heterocycles. The molecule has 0 rings (SSSR count). The van der Waals surface area contributed by atoms with E-state index < -0.39 is 0 Å². The van der Waals surface area contributed by atoms with Gasteiger partial charge in [0.25, 0.3) is 0 Å². The summed E-state index contributed by atoms with van der Waals surface area (Å²) in [6.07, 6.45) is 1.91. The number of methoxy groups -OCH3 is 1. The molecule has 0 aromatic rings. The lowest BCUT2D eigenvalue weighted by atomic mass is 9.97. The molecule has 0 aliphatic rings. The second kappa shape index (κ2) is 8.93. The minimum absolute atomic E-state index is 0.0394. The van der Waals surface area contributed by atoms with Crippen molar-refractivity contribution in [3.05, 3.63) is 0 Å². The van der Waals surface area contributed by atoms with E-state index >= 15 is 0 Å². The van der Waals surface area contributed by atoms with Crippen LogP contribution in [0.3, 0.4) is 0 Å². The van der Waals surface area contributed by atoms with Crippen molar-refractivity contribution >= 4 is 0 Å². The van der Waals surface area contributed by atoms with Crippen LogP contribution in [-0.2, 0) is 4.74 Å². The molecule has 0 saturated carbocycles. The van der Waals surface area contributed by atoms with Gasteiger partial charge in [-0.05, 0) is 25.8 Å². The molecule has 0 saturated heterocycles. The highest BCUT2D eigenvalue weighted by Gasteiger charge is 2.21. The van der Waals surface area contributed by atoms with E-state index in [0.29, 0.717) is 5.92 Å². The van der Waals surface area contributed by atoms with Crippen molar-refractivity contribution in [3.8, 4) is 0 Å². The summed E-state index contributed by atoms with van der Waals surface area (Å²) in [6.45, 7) is 6.09. The van der Waals surface area contributed by atoms with Crippen LogP contribution in [0.1, 0.15) is 26.7 Å². The van der Waals surface area contributed by atoms with Gasteiger partial charge in [0, 0.05) is 32.3 Å². The molecule has 0 radical (unpaired) electrons. The lowest BCUT2D eigenvalue weighted by Gasteiger charge is -2.32. The molecular formula is C12H28N2O2. The molecule has 0 aliphatic carbocycles. The summed E-state index contributed by atoms with van der Waals surface area (Å²) in [6, 6.07) is 0.0943. The summed E-state index contributed by atoms with van der Waals surface area (Å²) in [5, 5.41) is 9.38. The van der Waals surface area contributed by atoms with Gasteiger partial charge in [0.2, 0.25) is 0 Å². The molecule has 0 bridgehead atoms. The Bertz CT molecular complexity index is 165. The van der Waals surface area contributed by atoms with Crippen LogP contribution in [0.25, 0.3) is 0 Å². The third-order valence-electron chi connectivity index (χ3n) is 2.85. The molecule has 3 N–H and O–H groups in total. The van der Waals surface area contributed by atoms with Crippen LogP contribution in [0.5, 0.6) is 0 Å². The van der Waals surface area contributed by atoms with Gasteiger partial charge in [-0.3, -0.25) is 4.90 Å². The Morgan fingerprint density at radius 1 is 1.38 bits per heavy atom. The fourth-order valence-electron chi connectivity index (χ4n) is 1.93. The van der Waals surface area contributed by atoms with Gasteiger partial charge >= 0.3 is 0 Å². The van der Waals surface area contributed by atoms with Gasteiger partial charge in [0.05, 0.1) is 6.61 Å². The summed E-state index contributed by atoms with van der Waals surface area (Å²) >= 11 is 0. The minimum atomic E-state index is 0.0394. The van der Waals surface area contributed by atoms with E-state index in [9.17, 15) is 5.11 Å². The van der Waals surface area contributed by atoms with E-state index in [0.717, 1.165) is 26.0 Å². The smallest absolute Gasteiger partial charge is 0.0601 e. The predicted molar refractivity (Wildman–Crippen MR) is 67.4 cm³/mol. The molecule has 0 aromatic heterocycles. The van der Waals surface area contributed by atoms with Crippen LogP contribution in [0.4, 0.5) is 0 Å². The van der Waals surface area contributed by atoms with Gasteiger partial charge in [0.15, 0.2) is 0 Å². The van der Waals surface area contributed by atoms with Crippen molar-refractivity contribution < 1.29 is 9.84 Å². The normalized spacial score (nSPS) is 15.8. The molecule has 0 fully saturated rings. The van der Waals surface area contributed by atoms with Crippen molar-refractivity contribution in [2.24, 2.45) is 11.7 Å². The second-order valence-electron chi connectivity index (χ2n) is 4.87. The zero-order valence-corrected chi connectivity index (χ0v) is 11.1. The van der Waals surface area contributed by atoms with Crippen molar-refractivity contribution in [2.75, 3.05) is 33.9 Å². The first-order valence-corrected chi connectivity index (χ1v) is 6.08. The Kier molecular flexibility index (Phi) is 8.84. The Balaban J connectivity index is 4.03. The largest absolute Gasteiger partial charge is 0.395 e. The Morgan fingerprint density at radius 2 is 2.00 bits per heavy atom. The van der Waals surface area contributed by atoms with Crippen molar-refractivity contribution in [1.82, 2.24) is 4.90 Å². The molecule has 4 heteroatoms. The fourth-order valence-corrected chi connectivity index (χ4v) is 1.93. The zero-order chi connectivity index (χ0) is 12.6. The number of aliphatic hydroxyl groups is 1. The highest BCUT2D eigenvalue weighted by molar-refractivity contribution is 4.80. The first-order valence-electron chi connectivity index (χ1n) is 6.08. The van der Waals surface area contributed by atoms with E-state index in [1.807, 2.05) is 7.05 Å². The fraction of sp³-hybridized carbons (Fsp3) is 1.00. The van der Waals surface area contributed by atoms with Crippen LogP contribution in [0.15, 0.2) is 0 Å². The number of aliphatic hydroxyl groups excluding tert-OH is 1. The maximum Gasteiger partial charge on any atom is 0.0601 e. The monoisotopic (exact) mass is 232 g/mol. The van der Waals surface area contributed by atoms with Gasteiger partial charge in [-0.25, -0.2) is 0 Å². The Morgan fingerprint density at radius 3 is 2.44 bits per heavy atom. The summed E-state index contributed by atoms with van der Waals surface area (Å²) in [5.74, 6) is 0.566. The van der Waals surface area contributed by atoms with Gasteiger partial charge < -0.3 is 15.6 Å². The van der Waals surface area contributed by atoms with Crippen LogP contribution in [-0.4, -0.2) is 56.0 Å². The molecule has 98 valence electrons. The van der Waals surface area contributed by atoms with E-state index in [2.05, 4.69) is 18.7 Å². The first-order chi connectivity index (χ1) is 7.52. The highest BCUT2D eigenvalue weighted by Crippen LogP contribution is 2.10. The Labute approximate surface area is 99.8 Å². The van der Waals surface area contributed by atoms with Crippen molar-refractivity contribution in [1.29, 1.82) is 0 Å². The SMILES string of the molecule is COCCCN(C)C(CO)C(N)CC(C)C. The Hall–Kier alpha value is -0.160. The molecule has 0 heterocycles. The van der Waals surface area contributed by atoms with Gasteiger partial charge in [-0.1, -0.05) is 13.8 Å². The summed E-state index contributed by atoms with van der Waals surface area (Å²) in [4.78, 5) is 2.13. The van der Waals surface area contributed by atoms with Gasteiger partial charge in [-0.2, -0.15) is 0 Å². The van der Waals surface area contributed by atoms with Crippen LogP contribution in [0.2, 0.25) is 0 Å². The molecule has 0 amide bonds. The predicted octanol–water partition coefficient (Wildman–Crippen LogP) is 0.689. The number of nitrogens with two attached hydrogens (primary N) is 1. The molecule has 0 aromatic carbocycles. The third-order valence-corrected chi connectivity index (χ3v) is 2.85. The molecule has 2 unspecified atom stereocenters. The lowest BCUT2D eigenvalue weighted by molar-refractivity contribution is 0.107. The maximum absolute atomic E-state index is 9.38. The number of rotatable bonds is 9. The summed E-state index contributed by atoms with van der Waals surface area (Å²) < 4.78 is 5.01. The third kappa shape index (κ3) is 6.43. The van der Waals surface area contributed by atoms with Crippen LogP contribution in [0, 0.1) is 5.92 Å². The average Bonchev–Trinajstić information content (AvgIpc) is 2.18. The molecule has 0 spiro atoms. The highest BCUT2D eigenvalue weighted by atomic mass is 16.5. The van der Waals surface area contributed by atoms with Gasteiger partial charge in [-0.15, -0.1) is 0 Å². The van der Waals surface area contributed by atoms with E-state index in [1.165, 1.54) is 0 Å². The minimum Gasteiger partial charge on any atom is -0.395 e. The van der Waals surface area contributed by atoms with Crippen molar-refractivity contribution in [2.45, 2.75) is 38.8 Å². The summed E-state index contributed by atoms with van der Waals surface area (Å²) in [7, 11) is 3.71. The number of hydrogen-bond donors (Lipinski definition) is 2. The van der Waals surface area contributed by atoms with E-state index in [-0.39, 0.29) is 18.7 Å². The van der Waals surface area contributed by atoms with E-state index in [1.54, 1.807) is 7.11 Å². The number of likely N-dealkylation sites (N-methyl/N-ethyl adjacent to an activating group) is 1. The van der Waals surface area contributed by atoms with Crippen molar-refractivity contribution in [3.63, 3.8) is 0 Å². The standard InChI is InChI=1S/C12H28N2O2/c1-10(2)8-11(13)12(9-15)14(3)6-5-7-16-4/h10-12,15H,5-9,13H2,1-4H3. The quantitative estimate of drug-likeness (QED) is 0.574. The maximum atomic E-state index is 9.38. The van der Waals surface area contributed by atoms with Crippen LogP contribution >= 0.6 is 0 Å². The first kappa shape index (κ1) is 15.8. The molecule has 4 nitrogen and oxygen atoms in total. The molecular weight excluding hydrogens is 204 g/mol. The summed E-state index contributed by atoms with van der Waals surface area (Å²) in [5.41, 5.74) is 6.10. The van der Waals surface area contributed by atoms with E-state index in [4.69, 9.17) is 10.5 Å². The lowest BCUT2D eigenvalue weighted by Crippen LogP contribution is -2.49. The number of hydrogen-bond acceptors (Lipinski definition) is 4. The average molecular weight is 232 g/mol.